The van der Waals surface area contributed by atoms with Crippen molar-refractivity contribution in [2.45, 2.75) is 6.42 Å². The van der Waals surface area contributed by atoms with Crippen molar-refractivity contribution < 1.29 is 9.84 Å². The minimum Gasteiger partial charge on any atom is -0.508 e. The fraction of sp³-hybridized carbons (Fsp3) is 0.133. The molecule has 0 aliphatic heterocycles. The zero-order valence-electron chi connectivity index (χ0n) is 10.6. The quantitative estimate of drug-likeness (QED) is 0.781. The summed E-state index contributed by atoms with van der Waals surface area (Å²) in [6, 6.07) is 11.0. The average Bonchev–Trinajstić information content (AvgIpc) is 2.82. The molecule has 0 bridgehead atoms. The van der Waals surface area contributed by atoms with E-state index in [4.69, 9.17) is 4.74 Å². The molecule has 4 nitrogen and oxygen atoms in total. The van der Waals surface area contributed by atoms with E-state index in [0.29, 0.717) is 0 Å². The summed E-state index contributed by atoms with van der Waals surface area (Å²) in [5.74, 6) is 1.09. The van der Waals surface area contributed by atoms with Gasteiger partial charge in [-0.15, -0.1) is 0 Å². The maximum absolute atomic E-state index is 9.26. The number of hydrogen-bond acceptors (Lipinski definition) is 3. The molecule has 1 aromatic carbocycles. The highest BCUT2D eigenvalue weighted by Gasteiger charge is 2.04. The number of aromatic hydroxyl groups is 1. The molecular formula is C15H14N2O2. The van der Waals surface area contributed by atoms with Gasteiger partial charge in [0.25, 0.3) is 0 Å². The van der Waals surface area contributed by atoms with Crippen LogP contribution in [0.15, 0.2) is 48.8 Å². The first-order valence-corrected chi connectivity index (χ1v) is 6.04. The van der Waals surface area contributed by atoms with Crippen molar-refractivity contribution in [1.82, 2.24) is 9.38 Å². The third kappa shape index (κ3) is 2.38. The smallest absolute Gasteiger partial charge is 0.137 e. The van der Waals surface area contributed by atoms with Gasteiger partial charge in [-0.25, -0.2) is 4.98 Å². The van der Waals surface area contributed by atoms with Crippen molar-refractivity contribution in [3.8, 4) is 11.5 Å². The molecule has 2 heterocycles. The number of methoxy groups -OCH3 is 1. The first-order valence-electron chi connectivity index (χ1n) is 6.04. The number of nitrogens with zero attached hydrogens (tertiary/aromatic N) is 2. The molecule has 0 fully saturated rings. The molecule has 19 heavy (non-hydrogen) atoms. The van der Waals surface area contributed by atoms with E-state index in [0.717, 1.165) is 29.1 Å². The molecule has 4 heteroatoms. The Hall–Kier alpha value is -2.49. The molecule has 0 saturated carbocycles. The number of hydrogen-bond donors (Lipinski definition) is 1. The molecule has 3 aromatic rings. The number of aromatic nitrogens is 2. The Morgan fingerprint density at radius 3 is 2.63 bits per heavy atom. The standard InChI is InChI=1S/C15H14N2O2/c1-19-14-6-7-15-16-12(9-17(15)10-14)8-11-2-4-13(18)5-3-11/h2-7,9-10,18H,8H2,1H3. The van der Waals surface area contributed by atoms with Gasteiger partial charge in [0.2, 0.25) is 0 Å². The summed E-state index contributed by atoms with van der Waals surface area (Å²) in [6.07, 6.45) is 4.64. The van der Waals surface area contributed by atoms with Crippen molar-refractivity contribution in [3.05, 3.63) is 60.0 Å². The van der Waals surface area contributed by atoms with Gasteiger partial charge in [-0.3, -0.25) is 0 Å². The van der Waals surface area contributed by atoms with Gasteiger partial charge in [-0.2, -0.15) is 0 Å². The number of phenols is 1. The number of imidazole rings is 1. The summed E-state index contributed by atoms with van der Waals surface area (Å²) in [4.78, 5) is 4.55. The second-order valence-electron chi connectivity index (χ2n) is 4.41. The predicted octanol–water partition coefficient (Wildman–Crippen LogP) is 2.64. The van der Waals surface area contributed by atoms with E-state index in [9.17, 15) is 5.11 Å². The molecule has 96 valence electrons. The summed E-state index contributed by atoms with van der Waals surface area (Å²) in [6.45, 7) is 0. The molecule has 0 spiro atoms. The highest BCUT2D eigenvalue weighted by atomic mass is 16.5. The fourth-order valence-electron chi connectivity index (χ4n) is 2.05. The zero-order chi connectivity index (χ0) is 13.2. The van der Waals surface area contributed by atoms with Crippen LogP contribution in [0.1, 0.15) is 11.3 Å². The normalized spacial score (nSPS) is 10.8. The van der Waals surface area contributed by atoms with Crippen molar-refractivity contribution in [3.63, 3.8) is 0 Å². The van der Waals surface area contributed by atoms with Gasteiger partial charge < -0.3 is 14.2 Å². The summed E-state index contributed by atoms with van der Waals surface area (Å²) < 4.78 is 7.14. The predicted molar refractivity (Wildman–Crippen MR) is 72.7 cm³/mol. The topological polar surface area (TPSA) is 46.8 Å². The molecule has 0 saturated heterocycles. The van der Waals surface area contributed by atoms with Crippen LogP contribution >= 0.6 is 0 Å². The van der Waals surface area contributed by atoms with Crippen molar-refractivity contribution >= 4 is 5.65 Å². The van der Waals surface area contributed by atoms with Crippen molar-refractivity contribution in [1.29, 1.82) is 0 Å². The highest BCUT2D eigenvalue weighted by Crippen LogP contribution is 2.16. The van der Waals surface area contributed by atoms with Gasteiger partial charge in [0.15, 0.2) is 0 Å². The third-order valence-corrected chi connectivity index (χ3v) is 3.03. The maximum Gasteiger partial charge on any atom is 0.137 e. The van der Waals surface area contributed by atoms with Crippen LogP contribution in [0.4, 0.5) is 0 Å². The largest absolute Gasteiger partial charge is 0.508 e. The minimum atomic E-state index is 0.281. The van der Waals surface area contributed by atoms with Gasteiger partial charge in [-0.1, -0.05) is 12.1 Å². The Labute approximate surface area is 110 Å². The summed E-state index contributed by atoms with van der Waals surface area (Å²) >= 11 is 0. The molecule has 0 radical (unpaired) electrons. The highest BCUT2D eigenvalue weighted by molar-refractivity contribution is 5.44. The summed E-state index contributed by atoms with van der Waals surface area (Å²) in [5.41, 5.74) is 3.00. The van der Waals surface area contributed by atoms with E-state index in [2.05, 4.69) is 4.98 Å². The molecule has 3 rings (SSSR count). The molecular weight excluding hydrogens is 240 g/mol. The van der Waals surface area contributed by atoms with Crippen LogP contribution in [0, 0.1) is 0 Å². The van der Waals surface area contributed by atoms with Crippen molar-refractivity contribution in [2.75, 3.05) is 7.11 Å². The molecule has 1 N–H and O–H groups in total. The Morgan fingerprint density at radius 1 is 1.11 bits per heavy atom. The lowest BCUT2D eigenvalue weighted by Crippen LogP contribution is -1.87. The second kappa shape index (κ2) is 4.65. The molecule has 2 aromatic heterocycles. The molecule has 0 amide bonds. The Morgan fingerprint density at radius 2 is 1.89 bits per heavy atom. The number of pyridine rings is 1. The van der Waals surface area contributed by atoms with Gasteiger partial charge >= 0.3 is 0 Å². The van der Waals surface area contributed by atoms with Crippen LogP contribution in [-0.4, -0.2) is 21.6 Å². The number of phenolic OH excluding ortho intramolecular Hbond substituents is 1. The zero-order valence-corrected chi connectivity index (χ0v) is 10.6. The van der Waals surface area contributed by atoms with Crippen LogP contribution in [0.5, 0.6) is 11.5 Å². The van der Waals surface area contributed by atoms with E-state index in [1.54, 1.807) is 19.2 Å². The van der Waals surface area contributed by atoms with Gasteiger partial charge in [0, 0.05) is 12.6 Å². The molecule has 0 aliphatic carbocycles. The van der Waals surface area contributed by atoms with Crippen LogP contribution in [0.3, 0.4) is 0 Å². The SMILES string of the molecule is COc1ccc2nc(Cc3ccc(O)cc3)cn2c1. The van der Waals surface area contributed by atoms with Crippen LogP contribution in [0.2, 0.25) is 0 Å². The second-order valence-corrected chi connectivity index (χ2v) is 4.41. The first-order chi connectivity index (χ1) is 9.24. The number of fused-ring (bicyclic) bond motifs is 1. The molecule has 0 aliphatic rings. The average molecular weight is 254 g/mol. The number of benzene rings is 1. The van der Waals surface area contributed by atoms with Crippen LogP contribution in [-0.2, 0) is 6.42 Å². The lowest BCUT2D eigenvalue weighted by atomic mass is 10.1. The van der Waals surface area contributed by atoms with Crippen LogP contribution in [0.25, 0.3) is 5.65 Å². The van der Waals surface area contributed by atoms with Gasteiger partial charge in [0.1, 0.15) is 17.1 Å². The van der Waals surface area contributed by atoms with E-state index in [1.165, 1.54) is 0 Å². The molecule has 0 atom stereocenters. The maximum atomic E-state index is 9.26. The Balaban J connectivity index is 1.90. The van der Waals surface area contributed by atoms with Gasteiger partial charge in [0.05, 0.1) is 19.0 Å². The summed E-state index contributed by atoms with van der Waals surface area (Å²) in [7, 11) is 1.65. The Kier molecular flexibility index (Phi) is 2.83. The number of rotatable bonds is 3. The van der Waals surface area contributed by atoms with Crippen molar-refractivity contribution in [2.24, 2.45) is 0 Å². The van der Waals surface area contributed by atoms with E-state index >= 15 is 0 Å². The summed E-state index contributed by atoms with van der Waals surface area (Å²) in [5, 5.41) is 9.26. The fourth-order valence-corrected chi connectivity index (χ4v) is 2.05. The lowest BCUT2D eigenvalue weighted by Gasteiger charge is -1.98. The number of ether oxygens (including phenoxy) is 1. The third-order valence-electron chi connectivity index (χ3n) is 3.03. The van der Waals surface area contributed by atoms with E-state index in [1.807, 2.05) is 41.1 Å². The first kappa shape index (κ1) is 11.6. The monoisotopic (exact) mass is 254 g/mol. The minimum absolute atomic E-state index is 0.281. The Bertz CT molecular complexity index is 702. The van der Waals surface area contributed by atoms with Crippen LogP contribution < -0.4 is 4.74 Å². The van der Waals surface area contributed by atoms with E-state index < -0.39 is 0 Å². The van der Waals surface area contributed by atoms with Gasteiger partial charge in [-0.05, 0) is 29.8 Å². The lowest BCUT2D eigenvalue weighted by molar-refractivity contribution is 0.412. The van der Waals surface area contributed by atoms with E-state index in [-0.39, 0.29) is 5.75 Å². The molecule has 0 unspecified atom stereocenters.